The van der Waals surface area contributed by atoms with Gasteiger partial charge in [-0.2, -0.15) is 0 Å². The molecule has 0 N–H and O–H groups in total. The lowest BCUT2D eigenvalue weighted by Crippen LogP contribution is -2.35. The number of nitrogens with zero attached hydrogens (tertiary/aromatic N) is 1. The highest BCUT2D eigenvalue weighted by Crippen LogP contribution is 2.48. The number of hydrogen-bond acceptors (Lipinski definition) is 3. The van der Waals surface area contributed by atoms with Crippen LogP contribution in [-0.4, -0.2) is 35.5 Å². The van der Waals surface area contributed by atoms with Crippen molar-refractivity contribution in [2.24, 2.45) is 11.8 Å². The van der Waals surface area contributed by atoms with E-state index in [0.717, 1.165) is 25.7 Å². The first-order chi connectivity index (χ1) is 9.74. The van der Waals surface area contributed by atoms with Crippen molar-refractivity contribution in [1.82, 2.24) is 4.90 Å². The lowest BCUT2D eigenvalue weighted by molar-refractivity contribution is -0.142. The van der Waals surface area contributed by atoms with Gasteiger partial charge in [-0.1, -0.05) is 39.0 Å². The minimum absolute atomic E-state index is 0.0241. The summed E-state index contributed by atoms with van der Waals surface area (Å²) in [6, 6.07) is 0. The van der Waals surface area contributed by atoms with E-state index in [1.54, 1.807) is 0 Å². The summed E-state index contributed by atoms with van der Waals surface area (Å²) in [4.78, 5) is 26.3. The number of unbranched alkanes of at least 4 members (excludes halogenated alkanes) is 5. The van der Waals surface area contributed by atoms with Crippen molar-refractivity contribution in [3.8, 4) is 0 Å². The minimum atomic E-state index is -0.152. The molecule has 3 aliphatic heterocycles. The summed E-state index contributed by atoms with van der Waals surface area (Å²) in [5.74, 6) is -0.218. The first-order valence-electron chi connectivity index (χ1n) is 8.24. The van der Waals surface area contributed by atoms with Crippen LogP contribution < -0.4 is 0 Å². The number of amides is 2. The predicted molar refractivity (Wildman–Crippen MR) is 75.0 cm³/mol. The van der Waals surface area contributed by atoms with Crippen LogP contribution in [0.5, 0.6) is 0 Å². The normalized spacial score (nSPS) is 35.1. The molecule has 4 heteroatoms. The standard InChI is InChI=1S/C16H25NO3/c1-2-3-4-5-6-7-10-17-15(18)13-11-8-9-12(20-11)14(13)16(17)19/h11-14H,2-10H2,1H3/t11-,12+,13?,14?. The number of carbonyl (C=O) groups is 2. The SMILES string of the molecule is CCCCCCCCN1C(=O)C2C(C1=O)[C@H]1CC[C@@H]2O1. The third-order valence-corrected chi connectivity index (χ3v) is 5.11. The molecule has 2 unspecified atom stereocenters. The van der Waals surface area contributed by atoms with Gasteiger partial charge in [0.25, 0.3) is 0 Å². The van der Waals surface area contributed by atoms with Crippen molar-refractivity contribution in [3.63, 3.8) is 0 Å². The zero-order valence-corrected chi connectivity index (χ0v) is 12.3. The third kappa shape index (κ3) is 2.28. The second-order valence-electron chi connectivity index (χ2n) is 6.44. The van der Waals surface area contributed by atoms with Crippen LogP contribution in [-0.2, 0) is 14.3 Å². The maximum Gasteiger partial charge on any atom is 0.235 e. The third-order valence-electron chi connectivity index (χ3n) is 5.11. The maximum atomic E-state index is 12.4. The van der Waals surface area contributed by atoms with Crippen molar-refractivity contribution >= 4 is 11.8 Å². The molecule has 0 aromatic carbocycles. The molecule has 0 aliphatic carbocycles. The highest BCUT2D eigenvalue weighted by molar-refractivity contribution is 6.06. The summed E-state index contributed by atoms with van der Waals surface area (Å²) in [7, 11) is 0. The highest BCUT2D eigenvalue weighted by atomic mass is 16.5. The lowest BCUT2D eigenvalue weighted by Gasteiger charge is -2.17. The lowest BCUT2D eigenvalue weighted by atomic mass is 9.81. The second-order valence-corrected chi connectivity index (χ2v) is 6.44. The fraction of sp³-hybridized carbons (Fsp3) is 0.875. The Morgan fingerprint density at radius 1 is 0.950 bits per heavy atom. The van der Waals surface area contributed by atoms with Gasteiger partial charge in [0.05, 0.1) is 24.0 Å². The van der Waals surface area contributed by atoms with E-state index in [0.29, 0.717) is 6.54 Å². The molecule has 0 spiro atoms. The number of carbonyl (C=O) groups excluding carboxylic acids is 2. The number of rotatable bonds is 7. The Morgan fingerprint density at radius 2 is 1.50 bits per heavy atom. The van der Waals surface area contributed by atoms with E-state index in [9.17, 15) is 9.59 Å². The van der Waals surface area contributed by atoms with Crippen molar-refractivity contribution in [2.75, 3.05) is 6.54 Å². The van der Waals surface area contributed by atoms with Gasteiger partial charge >= 0.3 is 0 Å². The molecule has 20 heavy (non-hydrogen) atoms. The number of ether oxygens (including phenoxy) is 1. The fourth-order valence-electron chi connectivity index (χ4n) is 4.04. The van der Waals surface area contributed by atoms with E-state index in [4.69, 9.17) is 4.74 Å². The van der Waals surface area contributed by atoms with Gasteiger partial charge in [0, 0.05) is 6.54 Å². The molecule has 2 bridgehead atoms. The molecule has 4 nitrogen and oxygen atoms in total. The fourth-order valence-corrected chi connectivity index (χ4v) is 4.04. The second kappa shape index (κ2) is 5.84. The Labute approximate surface area is 120 Å². The van der Waals surface area contributed by atoms with Crippen LogP contribution in [0.1, 0.15) is 58.3 Å². The Balaban J connectivity index is 1.49. The van der Waals surface area contributed by atoms with E-state index in [1.807, 2.05) is 0 Å². The number of imide groups is 1. The highest BCUT2D eigenvalue weighted by Gasteiger charge is 2.62. The molecule has 3 aliphatic rings. The van der Waals surface area contributed by atoms with E-state index < -0.39 is 0 Å². The van der Waals surface area contributed by atoms with E-state index >= 15 is 0 Å². The topological polar surface area (TPSA) is 46.6 Å². The van der Waals surface area contributed by atoms with Crippen molar-refractivity contribution in [3.05, 3.63) is 0 Å². The summed E-state index contributed by atoms with van der Waals surface area (Å²) < 4.78 is 5.73. The van der Waals surface area contributed by atoms with Gasteiger partial charge in [0.2, 0.25) is 11.8 Å². The Kier molecular flexibility index (Phi) is 4.11. The predicted octanol–water partition coefficient (Wildman–Crippen LogP) is 2.51. The summed E-state index contributed by atoms with van der Waals surface area (Å²) >= 11 is 0. The van der Waals surface area contributed by atoms with Crippen molar-refractivity contribution in [2.45, 2.75) is 70.5 Å². The minimum Gasteiger partial charge on any atom is -0.373 e. The van der Waals surface area contributed by atoms with E-state index in [1.165, 1.54) is 30.6 Å². The quantitative estimate of drug-likeness (QED) is 0.531. The molecule has 0 radical (unpaired) electrons. The van der Waals surface area contributed by atoms with Gasteiger partial charge in [-0.3, -0.25) is 14.5 Å². The average Bonchev–Trinajstić information content (AvgIpc) is 3.11. The number of fused-ring (bicyclic) bond motifs is 5. The van der Waals surface area contributed by atoms with Gasteiger partial charge in [-0.05, 0) is 19.3 Å². The van der Waals surface area contributed by atoms with Crippen LogP contribution >= 0.6 is 0 Å². The molecule has 3 saturated heterocycles. The molecule has 0 aromatic rings. The molecular weight excluding hydrogens is 254 g/mol. The Hall–Kier alpha value is -0.900. The van der Waals surface area contributed by atoms with Crippen LogP contribution in [0.15, 0.2) is 0 Å². The summed E-state index contributed by atoms with van der Waals surface area (Å²) in [5, 5.41) is 0. The summed E-state index contributed by atoms with van der Waals surface area (Å²) in [5.41, 5.74) is 0. The average molecular weight is 279 g/mol. The summed E-state index contributed by atoms with van der Waals surface area (Å²) in [6.45, 7) is 2.83. The van der Waals surface area contributed by atoms with Crippen LogP contribution in [0, 0.1) is 11.8 Å². The molecule has 0 saturated carbocycles. The van der Waals surface area contributed by atoms with E-state index in [-0.39, 0.29) is 35.9 Å². The summed E-state index contributed by atoms with van der Waals surface area (Å²) in [6.07, 6.45) is 9.04. The van der Waals surface area contributed by atoms with Crippen molar-refractivity contribution in [1.29, 1.82) is 0 Å². The van der Waals surface area contributed by atoms with Gasteiger partial charge in [-0.15, -0.1) is 0 Å². The van der Waals surface area contributed by atoms with E-state index in [2.05, 4.69) is 6.92 Å². The largest absolute Gasteiger partial charge is 0.373 e. The molecule has 0 aromatic heterocycles. The Bertz CT molecular complexity index is 367. The first-order valence-corrected chi connectivity index (χ1v) is 8.24. The van der Waals surface area contributed by atoms with Crippen LogP contribution in [0.3, 0.4) is 0 Å². The zero-order chi connectivity index (χ0) is 14.1. The Morgan fingerprint density at radius 3 is 2.10 bits per heavy atom. The monoisotopic (exact) mass is 279 g/mol. The maximum absolute atomic E-state index is 12.4. The number of likely N-dealkylation sites (tertiary alicyclic amines) is 1. The van der Waals surface area contributed by atoms with Crippen LogP contribution in [0.2, 0.25) is 0 Å². The first kappa shape index (κ1) is 14.1. The molecule has 112 valence electrons. The van der Waals surface area contributed by atoms with Gasteiger partial charge in [0.1, 0.15) is 0 Å². The molecular formula is C16H25NO3. The van der Waals surface area contributed by atoms with Crippen LogP contribution in [0.4, 0.5) is 0 Å². The van der Waals surface area contributed by atoms with Gasteiger partial charge in [0.15, 0.2) is 0 Å². The molecule has 3 fully saturated rings. The molecule has 2 amide bonds. The smallest absolute Gasteiger partial charge is 0.235 e. The molecule has 3 heterocycles. The van der Waals surface area contributed by atoms with Crippen molar-refractivity contribution < 1.29 is 14.3 Å². The number of hydrogen-bond donors (Lipinski definition) is 0. The van der Waals surface area contributed by atoms with Gasteiger partial charge < -0.3 is 4.74 Å². The van der Waals surface area contributed by atoms with Crippen LogP contribution in [0.25, 0.3) is 0 Å². The molecule has 4 atom stereocenters. The zero-order valence-electron chi connectivity index (χ0n) is 12.3. The molecule has 3 rings (SSSR count). The van der Waals surface area contributed by atoms with Gasteiger partial charge in [-0.25, -0.2) is 0 Å².